The van der Waals surface area contributed by atoms with Gasteiger partial charge >= 0.3 is 0 Å². The van der Waals surface area contributed by atoms with E-state index in [4.69, 9.17) is 0 Å². The third-order valence-electron chi connectivity index (χ3n) is 3.91. The second-order valence-corrected chi connectivity index (χ2v) is 5.03. The molecule has 20 heavy (non-hydrogen) atoms. The molecule has 100 valence electrons. The number of nitriles is 2. The smallest absolute Gasteiger partial charge is 0.164 e. The minimum Gasteiger partial charge on any atom is -0.298 e. The van der Waals surface area contributed by atoms with Crippen molar-refractivity contribution in [1.82, 2.24) is 0 Å². The van der Waals surface area contributed by atoms with Gasteiger partial charge in [-0.1, -0.05) is 30.3 Å². The van der Waals surface area contributed by atoms with Crippen molar-refractivity contribution in [3.05, 3.63) is 35.9 Å². The van der Waals surface area contributed by atoms with Crippen molar-refractivity contribution in [3.8, 4) is 12.1 Å². The van der Waals surface area contributed by atoms with E-state index in [1.54, 1.807) is 30.3 Å². The molecule has 4 nitrogen and oxygen atoms in total. The highest BCUT2D eigenvalue weighted by Gasteiger charge is 2.49. The van der Waals surface area contributed by atoms with E-state index in [0.29, 0.717) is 24.8 Å². The van der Waals surface area contributed by atoms with Crippen LogP contribution in [0.3, 0.4) is 0 Å². The van der Waals surface area contributed by atoms with E-state index >= 15 is 0 Å². The van der Waals surface area contributed by atoms with Gasteiger partial charge in [-0.25, -0.2) is 0 Å². The maximum atomic E-state index is 12.2. The molecule has 0 heterocycles. The average Bonchev–Trinajstić information content (AvgIpc) is 2.87. The van der Waals surface area contributed by atoms with Gasteiger partial charge in [0.15, 0.2) is 11.6 Å². The maximum absolute atomic E-state index is 12.2. The fourth-order valence-electron chi connectivity index (χ4n) is 2.71. The van der Waals surface area contributed by atoms with Gasteiger partial charge in [-0.2, -0.15) is 10.5 Å². The molecule has 1 aromatic carbocycles. The van der Waals surface area contributed by atoms with Gasteiger partial charge in [-0.05, 0) is 12.8 Å². The molecule has 0 spiro atoms. The van der Waals surface area contributed by atoms with Gasteiger partial charge in [0, 0.05) is 18.4 Å². The molecule has 2 unspecified atom stereocenters. The number of nitrogens with zero attached hydrogens (tertiary/aromatic N) is 2. The largest absolute Gasteiger partial charge is 0.298 e. The van der Waals surface area contributed by atoms with Gasteiger partial charge in [0.2, 0.25) is 0 Å². The molecular weight excluding hydrogens is 252 g/mol. The molecule has 1 saturated carbocycles. The second-order valence-electron chi connectivity index (χ2n) is 5.03. The minimum absolute atomic E-state index is 0.0835. The first-order chi connectivity index (χ1) is 9.64. The molecule has 4 heteroatoms. The molecule has 1 aliphatic carbocycles. The van der Waals surface area contributed by atoms with Crippen molar-refractivity contribution in [3.63, 3.8) is 0 Å². The Balaban J connectivity index is 2.23. The van der Waals surface area contributed by atoms with E-state index in [1.807, 2.05) is 12.1 Å². The second kappa shape index (κ2) is 5.67. The number of benzene rings is 1. The third-order valence-corrected chi connectivity index (χ3v) is 3.91. The Hall–Kier alpha value is -2.46. The van der Waals surface area contributed by atoms with Crippen LogP contribution in [0.4, 0.5) is 0 Å². The molecule has 1 aromatic rings. The summed E-state index contributed by atoms with van der Waals surface area (Å²) >= 11 is 0. The molecule has 1 aliphatic rings. The zero-order valence-electron chi connectivity index (χ0n) is 11.0. The van der Waals surface area contributed by atoms with E-state index in [-0.39, 0.29) is 18.0 Å². The number of hydrogen-bond acceptors (Lipinski definition) is 4. The number of rotatable bonds is 4. The monoisotopic (exact) mass is 266 g/mol. The molecule has 0 aromatic heterocycles. The zero-order valence-corrected chi connectivity index (χ0v) is 11.0. The van der Waals surface area contributed by atoms with Crippen molar-refractivity contribution in [1.29, 1.82) is 10.5 Å². The zero-order chi connectivity index (χ0) is 14.6. The minimum atomic E-state index is -1.29. The van der Waals surface area contributed by atoms with Crippen LogP contribution in [-0.2, 0) is 4.79 Å². The first kappa shape index (κ1) is 14.0. The van der Waals surface area contributed by atoms with Crippen LogP contribution in [0.25, 0.3) is 0 Å². The molecule has 0 saturated heterocycles. The lowest BCUT2D eigenvalue weighted by molar-refractivity contribution is -0.124. The summed E-state index contributed by atoms with van der Waals surface area (Å²) in [5, 5.41) is 18.6. The Bertz CT molecular complexity index is 610. The van der Waals surface area contributed by atoms with Crippen LogP contribution < -0.4 is 0 Å². The highest BCUT2D eigenvalue weighted by Crippen LogP contribution is 2.42. The van der Waals surface area contributed by atoms with E-state index in [0.717, 1.165) is 0 Å². The summed E-state index contributed by atoms with van der Waals surface area (Å²) in [4.78, 5) is 24.1. The molecule has 2 rings (SSSR count). The van der Waals surface area contributed by atoms with E-state index in [1.165, 1.54) is 0 Å². The van der Waals surface area contributed by atoms with Gasteiger partial charge in [-0.15, -0.1) is 0 Å². The van der Waals surface area contributed by atoms with Crippen LogP contribution in [0.5, 0.6) is 0 Å². The van der Waals surface area contributed by atoms with Crippen LogP contribution in [0, 0.1) is 34.0 Å². The predicted molar refractivity (Wildman–Crippen MR) is 71.4 cm³/mol. The molecule has 1 fully saturated rings. The van der Waals surface area contributed by atoms with E-state index < -0.39 is 11.3 Å². The summed E-state index contributed by atoms with van der Waals surface area (Å²) in [6.45, 7) is 0. The molecular formula is C16H14N2O2. The topological polar surface area (TPSA) is 81.7 Å². The average molecular weight is 266 g/mol. The fourth-order valence-corrected chi connectivity index (χ4v) is 2.71. The van der Waals surface area contributed by atoms with Crippen molar-refractivity contribution >= 4 is 11.6 Å². The van der Waals surface area contributed by atoms with Crippen LogP contribution >= 0.6 is 0 Å². The number of ketones is 2. The van der Waals surface area contributed by atoms with Gasteiger partial charge < -0.3 is 0 Å². The SMILES string of the molecule is N#CC(CC(=O)c1ccccc1)C1(C#N)CCCC1=O. The Kier molecular flexibility index (Phi) is 3.96. The summed E-state index contributed by atoms with van der Waals surface area (Å²) in [7, 11) is 0. The molecule has 0 aliphatic heterocycles. The first-order valence-electron chi connectivity index (χ1n) is 6.56. The standard InChI is InChI=1S/C16H14N2O2/c17-10-13(16(11-18)8-4-7-15(16)20)9-14(19)12-5-2-1-3-6-12/h1-3,5-6,13H,4,7-9H2. The van der Waals surface area contributed by atoms with Gasteiger partial charge in [0.05, 0.1) is 18.1 Å². The predicted octanol–water partition coefficient (Wildman–Crippen LogP) is 2.66. The Morgan fingerprint density at radius 3 is 2.50 bits per heavy atom. The lowest BCUT2D eigenvalue weighted by Crippen LogP contribution is -2.34. The fraction of sp³-hybridized carbons (Fsp3) is 0.375. The highest BCUT2D eigenvalue weighted by molar-refractivity contribution is 5.97. The Labute approximate surface area is 117 Å². The summed E-state index contributed by atoms with van der Waals surface area (Å²) in [5.74, 6) is -1.27. The van der Waals surface area contributed by atoms with Crippen molar-refractivity contribution < 1.29 is 9.59 Å². The summed E-state index contributed by atoms with van der Waals surface area (Å²) < 4.78 is 0. The molecule has 2 atom stereocenters. The molecule has 0 bridgehead atoms. The van der Waals surface area contributed by atoms with Crippen LogP contribution in [-0.4, -0.2) is 11.6 Å². The van der Waals surface area contributed by atoms with E-state index in [2.05, 4.69) is 0 Å². The van der Waals surface area contributed by atoms with Crippen molar-refractivity contribution in [2.75, 3.05) is 0 Å². The van der Waals surface area contributed by atoms with Gasteiger partial charge in [0.25, 0.3) is 0 Å². The Morgan fingerprint density at radius 2 is 2.00 bits per heavy atom. The van der Waals surface area contributed by atoms with Crippen molar-refractivity contribution in [2.45, 2.75) is 25.7 Å². The lowest BCUT2D eigenvalue weighted by Gasteiger charge is -2.23. The Morgan fingerprint density at radius 1 is 1.30 bits per heavy atom. The first-order valence-corrected chi connectivity index (χ1v) is 6.56. The summed E-state index contributed by atoms with van der Waals surface area (Å²) in [6, 6.07) is 12.7. The number of Topliss-reactive ketones (excluding diaryl/α,β-unsaturated/α-hetero) is 2. The number of hydrogen-bond donors (Lipinski definition) is 0. The van der Waals surface area contributed by atoms with Crippen molar-refractivity contribution in [2.24, 2.45) is 11.3 Å². The number of carbonyl (C=O) groups is 2. The quantitative estimate of drug-likeness (QED) is 0.784. The molecule has 0 amide bonds. The third kappa shape index (κ3) is 2.33. The van der Waals surface area contributed by atoms with Crippen LogP contribution in [0.1, 0.15) is 36.0 Å². The highest BCUT2D eigenvalue weighted by atomic mass is 16.1. The summed E-state index contributed by atoms with van der Waals surface area (Å²) in [5.41, 5.74) is -0.787. The maximum Gasteiger partial charge on any atom is 0.164 e. The molecule has 0 N–H and O–H groups in total. The van der Waals surface area contributed by atoms with Crippen LogP contribution in [0.2, 0.25) is 0 Å². The van der Waals surface area contributed by atoms with Gasteiger partial charge in [-0.3, -0.25) is 9.59 Å². The van der Waals surface area contributed by atoms with Gasteiger partial charge in [0.1, 0.15) is 5.41 Å². The number of carbonyl (C=O) groups excluding carboxylic acids is 2. The van der Waals surface area contributed by atoms with Crippen LogP contribution in [0.15, 0.2) is 30.3 Å². The van der Waals surface area contributed by atoms with E-state index in [9.17, 15) is 20.1 Å². The lowest BCUT2D eigenvalue weighted by atomic mass is 9.72. The normalized spacial score (nSPS) is 22.8. The summed E-state index contributed by atoms with van der Waals surface area (Å²) in [6.07, 6.45) is 1.23. The molecule has 0 radical (unpaired) electrons.